The molecule has 0 aliphatic heterocycles. The van der Waals surface area contributed by atoms with Crippen LogP contribution in [0.15, 0.2) is 53.7 Å². The predicted octanol–water partition coefficient (Wildman–Crippen LogP) is 3.78. The summed E-state index contributed by atoms with van der Waals surface area (Å²) in [6, 6.07) is 13.5. The van der Waals surface area contributed by atoms with Crippen molar-refractivity contribution in [3.05, 3.63) is 65.5 Å². The number of nitrogens with zero attached hydrogens (tertiary/aromatic N) is 3. The summed E-state index contributed by atoms with van der Waals surface area (Å²) >= 11 is 1.32. The molecule has 0 fully saturated rings. The molecule has 0 spiro atoms. The molecule has 0 unspecified atom stereocenters. The number of rotatable bonds is 10. The second-order valence-electron chi connectivity index (χ2n) is 6.95. The van der Waals surface area contributed by atoms with Gasteiger partial charge in [-0.1, -0.05) is 11.8 Å². The van der Waals surface area contributed by atoms with Crippen molar-refractivity contribution < 1.29 is 19.1 Å². The molecular formula is C23H26N4O4S. The van der Waals surface area contributed by atoms with Crippen LogP contribution in [-0.2, 0) is 6.54 Å². The number of thioether (sulfide) groups is 1. The largest absolute Gasteiger partial charge is 0.497 e. The molecule has 3 aromatic rings. The van der Waals surface area contributed by atoms with E-state index in [-0.39, 0.29) is 23.5 Å². The highest BCUT2D eigenvalue weighted by Gasteiger charge is 2.20. The number of hydrogen-bond acceptors (Lipinski definition) is 7. The minimum Gasteiger partial charge on any atom is -0.497 e. The molecular weight excluding hydrogens is 428 g/mol. The monoisotopic (exact) mass is 454 g/mol. The fourth-order valence-corrected chi connectivity index (χ4v) is 4.01. The fourth-order valence-electron chi connectivity index (χ4n) is 3.10. The van der Waals surface area contributed by atoms with Crippen LogP contribution in [0.4, 0.5) is 0 Å². The molecule has 0 saturated carbocycles. The first-order chi connectivity index (χ1) is 15.5. The van der Waals surface area contributed by atoms with Crippen molar-refractivity contribution in [1.29, 1.82) is 0 Å². The number of aromatic nitrogens is 3. The molecule has 2 aromatic carbocycles. The van der Waals surface area contributed by atoms with Gasteiger partial charge < -0.3 is 19.4 Å². The summed E-state index contributed by atoms with van der Waals surface area (Å²) in [6.07, 6.45) is 0. The SMILES string of the molecule is CCn1c(SCC(=O)c2ccc(OC)cc2)nnc1[C@@H](C)NC(=O)c1ccc(OC)cc1. The van der Waals surface area contributed by atoms with Gasteiger partial charge in [-0.3, -0.25) is 9.59 Å². The molecule has 0 aliphatic carbocycles. The highest BCUT2D eigenvalue weighted by Crippen LogP contribution is 2.22. The molecule has 1 heterocycles. The van der Waals surface area contributed by atoms with Crippen LogP contribution >= 0.6 is 11.8 Å². The van der Waals surface area contributed by atoms with Gasteiger partial charge in [0.05, 0.1) is 26.0 Å². The lowest BCUT2D eigenvalue weighted by Gasteiger charge is -2.15. The Morgan fingerprint density at radius 1 is 0.969 bits per heavy atom. The summed E-state index contributed by atoms with van der Waals surface area (Å²) in [7, 11) is 3.16. The van der Waals surface area contributed by atoms with Gasteiger partial charge in [-0.15, -0.1) is 10.2 Å². The number of Topliss-reactive ketones (excluding diaryl/α,β-unsaturated/α-hetero) is 1. The van der Waals surface area contributed by atoms with Crippen LogP contribution in [0.2, 0.25) is 0 Å². The zero-order valence-electron chi connectivity index (χ0n) is 18.5. The maximum Gasteiger partial charge on any atom is 0.251 e. The molecule has 0 saturated heterocycles. The number of carbonyl (C=O) groups excluding carboxylic acids is 2. The van der Waals surface area contributed by atoms with Crippen LogP contribution in [-0.4, -0.2) is 46.4 Å². The second-order valence-corrected chi connectivity index (χ2v) is 7.89. The van der Waals surface area contributed by atoms with E-state index < -0.39 is 0 Å². The smallest absolute Gasteiger partial charge is 0.251 e. The number of carbonyl (C=O) groups is 2. The standard InChI is InChI=1S/C23H26N4O4S/c1-5-27-21(15(2)24-22(29)17-8-12-19(31-4)13-9-17)25-26-23(27)32-14-20(28)16-6-10-18(30-3)11-7-16/h6-13,15H,5,14H2,1-4H3,(H,24,29)/t15-/m1/s1. The molecule has 168 valence electrons. The lowest BCUT2D eigenvalue weighted by atomic mass is 10.1. The van der Waals surface area contributed by atoms with Crippen LogP contribution in [0.5, 0.6) is 11.5 Å². The number of ketones is 1. The molecule has 3 rings (SSSR count). The lowest BCUT2D eigenvalue weighted by molar-refractivity contribution is 0.0936. The predicted molar refractivity (Wildman–Crippen MR) is 123 cm³/mol. The van der Waals surface area contributed by atoms with Crippen molar-refractivity contribution in [3.8, 4) is 11.5 Å². The van der Waals surface area contributed by atoms with Gasteiger partial charge >= 0.3 is 0 Å². The highest BCUT2D eigenvalue weighted by atomic mass is 32.2. The summed E-state index contributed by atoms with van der Waals surface area (Å²) < 4.78 is 12.2. The Bertz CT molecular complexity index is 1060. The van der Waals surface area contributed by atoms with Gasteiger partial charge in [-0.25, -0.2) is 0 Å². The molecule has 0 bridgehead atoms. The van der Waals surface area contributed by atoms with Gasteiger partial charge in [-0.2, -0.15) is 0 Å². The number of hydrogen-bond donors (Lipinski definition) is 1. The van der Waals surface area contributed by atoms with Crippen LogP contribution in [0.25, 0.3) is 0 Å². The molecule has 0 aliphatic rings. The first-order valence-electron chi connectivity index (χ1n) is 10.1. The average Bonchev–Trinajstić information content (AvgIpc) is 3.25. The van der Waals surface area contributed by atoms with Gasteiger partial charge in [0, 0.05) is 17.7 Å². The fraction of sp³-hybridized carbons (Fsp3) is 0.304. The van der Waals surface area contributed by atoms with E-state index in [1.54, 1.807) is 62.8 Å². The van der Waals surface area contributed by atoms with Crippen LogP contribution in [0.3, 0.4) is 0 Å². The van der Waals surface area contributed by atoms with Crippen molar-refractivity contribution in [2.24, 2.45) is 0 Å². The van der Waals surface area contributed by atoms with Crippen LogP contribution in [0.1, 0.15) is 46.4 Å². The van der Waals surface area contributed by atoms with E-state index in [9.17, 15) is 9.59 Å². The summed E-state index contributed by atoms with van der Waals surface area (Å²) in [4.78, 5) is 25.1. The number of amides is 1. The highest BCUT2D eigenvalue weighted by molar-refractivity contribution is 7.99. The Kier molecular flexibility index (Phi) is 7.88. The summed E-state index contributed by atoms with van der Waals surface area (Å²) in [5.41, 5.74) is 1.14. The Morgan fingerprint density at radius 2 is 1.53 bits per heavy atom. The normalized spacial score (nSPS) is 11.6. The van der Waals surface area contributed by atoms with E-state index in [2.05, 4.69) is 15.5 Å². The van der Waals surface area contributed by atoms with E-state index in [1.807, 2.05) is 18.4 Å². The quantitative estimate of drug-likeness (QED) is 0.368. The number of ether oxygens (including phenoxy) is 2. The van der Waals surface area contributed by atoms with Crippen molar-refractivity contribution in [1.82, 2.24) is 20.1 Å². The van der Waals surface area contributed by atoms with Crippen molar-refractivity contribution >= 4 is 23.5 Å². The summed E-state index contributed by atoms with van der Waals surface area (Å²) in [5, 5.41) is 12.1. The zero-order valence-corrected chi connectivity index (χ0v) is 19.3. The third kappa shape index (κ3) is 5.47. The van der Waals surface area contributed by atoms with E-state index >= 15 is 0 Å². The third-order valence-electron chi connectivity index (χ3n) is 4.89. The van der Waals surface area contributed by atoms with Crippen molar-refractivity contribution in [2.75, 3.05) is 20.0 Å². The zero-order chi connectivity index (χ0) is 23.1. The van der Waals surface area contributed by atoms with Crippen LogP contribution < -0.4 is 14.8 Å². The average molecular weight is 455 g/mol. The number of benzene rings is 2. The molecule has 32 heavy (non-hydrogen) atoms. The Labute approximate surface area is 191 Å². The second kappa shape index (κ2) is 10.8. The molecule has 1 amide bonds. The topological polar surface area (TPSA) is 95.3 Å². The van der Waals surface area contributed by atoms with E-state index in [0.29, 0.717) is 40.2 Å². The maximum atomic E-state index is 12.6. The summed E-state index contributed by atoms with van der Waals surface area (Å²) in [6.45, 7) is 4.44. The molecule has 1 atom stereocenters. The first kappa shape index (κ1) is 23.3. The van der Waals surface area contributed by atoms with E-state index in [4.69, 9.17) is 9.47 Å². The van der Waals surface area contributed by atoms with E-state index in [0.717, 1.165) is 0 Å². The number of nitrogens with one attached hydrogen (secondary N) is 1. The minimum absolute atomic E-state index is 0.00860. The Balaban J connectivity index is 1.65. The summed E-state index contributed by atoms with van der Waals surface area (Å²) in [5.74, 6) is 2.03. The van der Waals surface area contributed by atoms with Crippen LogP contribution in [0, 0.1) is 0 Å². The molecule has 9 heteroatoms. The Morgan fingerprint density at radius 3 is 2.06 bits per heavy atom. The van der Waals surface area contributed by atoms with Gasteiger partial charge in [0.2, 0.25) is 0 Å². The molecule has 8 nitrogen and oxygen atoms in total. The van der Waals surface area contributed by atoms with E-state index in [1.165, 1.54) is 11.8 Å². The van der Waals surface area contributed by atoms with Crippen molar-refractivity contribution in [2.45, 2.75) is 31.6 Å². The number of methoxy groups -OCH3 is 2. The van der Waals surface area contributed by atoms with Gasteiger partial charge in [0.15, 0.2) is 16.8 Å². The third-order valence-corrected chi connectivity index (χ3v) is 5.86. The minimum atomic E-state index is -0.358. The van der Waals surface area contributed by atoms with Crippen molar-refractivity contribution in [3.63, 3.8) is 0 Å². The molecule has 1 aromatic heterocycles. The maximum absolute atomic E-state index is 12.6. The van der Waals surface area contributed by atoms with Gasteiger partial charge in [0.1, 0.15) is 11.5 Å². The lowest BCUT2D eigenvalue weighted by Crippen LogP contribution is -2.28. The Hall–Kier alpha value is -3.33. The first-order valence-corrected chi connectivity index (χ1v) is 11.1. The van der Waals surface area contributed by atoms with Gasteiger partial charge in [0.25, 0.3) is 5.91 Å². The molecule has 1 N–H and O–H groups in total. The van der Waals surface area contributed by atoms with Gasteiger partial charge in [-0.05, 0) is 62.4 Å². The molecule has 0 radical (unpaired) electrons.